The Hall–Kier alpha value is -1.01. The highest BCUT2D eigenvalue weighted by molar-refractivity contribution is 7.98. The molecule has 1 rings (SSSR count). The molecule has 0 fully saturated rings. The summed E-state index contributed by atoms with van der Waals surface area (Å²) in [6.45, 7) is 0.813. The number of hydrogen-bond acceptors (Lipinski definition) is 4. The molecule has 0 spiro atoms. The fourth-order valence-corrected chi connectivity index (χ4v) is 2.05. The van der Waals surface area contributed by atoms with Gasteiger partial charge in [0, 0.05) is 20.0 Å². The molecule has 0 aliphatic rings. The van der Waals surface area contributed by atoms with Crippen LogP contribution in [0.4, 0.5) is 0 Å². The molecule has 1 aromatic rings. The molecule has 16 heavy (non-hydrogen) atoms. The molecule has 0 atom stereocenters. The summed E-state index contributed by atoms with van der Waals surface area (Å²) in [5, 5.41) is 9.81. The Balaban J connectivity index is 3.03. The quantitative estimate of drug-likeness (QED) is 0.780. The van der Waals surface area contributed by atoms with Gasteiger partial charge >= 0.3 is 5.97 Å². The number of likely N-dealkylation sites (N-methyl/N-ethyl adjacent to an activating group) is 1. The standard InChI is InChI=1S/C10H17N3O2S/c1-12(2)6-5-7-8(9(14)15)11-10(16-4)13(7)3/h5-6H2,1-4H3,(H,14,15). The minimum absolute atomic E-state index is 0.175. The largest absolute Gasteiger partial charge is 0.476 e. The summed E-state index contributed by atoms with van der Waals surface area (Å²) in [4.78, 5) is 17.2. The van der Waals surface area contributed by atoms with Crippen LogP contribution in [0.2, 0.25) is 0 Å². The smallest absolute Gasteiger partial charge is 0.356 e. The highest BCUT2D eigenvalue weighted by Gasteiger charge is 2.19. The van der Waals surface area contributed by atoms with Gasteiger partial charge in [0.05, 0.1) is 5.69 Å². The van der Waals surface area contributed by atoms with Crippen molar-refractivity contribution in [3.05, 3.63) is 11.4 Å². The Bertz CT molecular complexity index is 388. The van der Waals surface area contributed by atoms with E-state index in [1.807, 2.05) is 36.9 Å². The second kappa shape index (κ2) is 5.36. The molecule has 0 saturated heterocycles. The maximum Gasteiger partial charge on any atom is 0.356 e. The number of nitrogens with zero attached hydrogens (tertiary/aromatic N) is 3. The van der Waals surface area contributed by atoms with Crippen molar-refractivity contribution in [3.63, 3.8) is 0 Å². The number of aromatic nitrogens is 2. The van der Waals surface area contributed by atoms with E-state index in [-0.39, 0.29) is 5.69 Å². The molecular weight excluding hydrogens is 226 g/mol. The molecule has 0 aromatic carbocycles. The third kappa shape index (κ3) is 2.76. The van der Waals surface area contributed by atoms with Crippen molar-refractivity contribution >= 4 is 17.7 Å². The molecule has 5 nitrogen and oxygen atoms in total. The van der Waals surface area contributed by atoms with Crippen LogP contribution >= 0.6 is 11.8 Å². The summed E-state index contributed by atoms with van der Waals surface area (Å²) in [5.74, 6) is -0.954. The number of carboxylic acids is 1. The first-order valence-corrected chi connectivity index (χ1v) is 6.17. The van der Waals surface area contributed by atoms with Crippen LogP contribution in [-0.4, -0.2) is 52.4 Å². The second-order valence-electron chi connectivity index (χ2n) is 3.81. The van der Waals surface area contributed by atoms with E-state index in [0.29, 0.717) is 6.42 Å². The molecular formula is C10H17N3O2S. The van der Waals surface area contributed by atoms with Gasteiger partial charge in [0.1, 0.15) is 0 Å². The molecule has 0 aliphatic heterocycles. The van der Waals surface area contributed by atoms with Crippen molar-refractivity contribution < 1.29 is 9.90 Å². The molecule has 0 aliphatic carbocycles. The van der Waals surface area contributed by atoms with Crippen LogP contribution in [0.5, 0.6) is 0 Å². The number of thioether (sulfide) groups is 1. The maximum atomic E-state index is 11.0. The van der Waals surface area contributed by atoms with Gasteiger partial charge < -0.3 is 14.6 Å². The molecule has 0 saturated carbocycles. The summed E-state index contributed by atoms with van der Waals surface area (Å²) in [6.07, 6.45) is 2.59. The Morgan fingerprint density at radius 2 is 2.19 bits per heavy atom. The van der Waals surface area contributed by atoms with Crippen molar-refractivity contribution in [3.8, 4) is 0 Å². The van der Waals surface area contributed by atoms with Crippen molar-refractivity contribution in [1.29, 1.82) is 0 Å². The summed E-state index contributed by atoms with van der Waals surface area (Å²) in [5.41, 5.74) is 0.958. The van der Waals surface area contributed by atoms with E-state index < -0.39 is 5.97 Å². The molecule has 6 heteroatoms. The van der Waals surface area contributed by atoms with Crippen molar-refractivity contribution in [2.24, 2.45) is 7.05 Å². The van der Waals surface area contributed by atoms with Gasteiger partial charge in [-0.25, -0.2) is 9.78 Å². The number of carboxylic acid groups (broad SMARTS) is 1. The summed E-state index contributed by atoms with van der Waals surface area (Å²) >= 11 is 1.46. The Kier molecular flexibility index (Phi) is 4.37. The van der Waals surface area contributed by atoms with E-state index in [0.717, 1.165) is 17.4 Å². The van der Waals surface area contributed by atoms with E-state index in [4.69, 9.17) is 5.11 Å². The lowest BCUT2D eigenvalue weighted by molar-refractivity contribution is 0.0689. The number of carbonyl (C=O) groups is 1. The van der Waals surface area contributed by atoms with Crippen LogP contribution < -0.4 is 0 Å². The molecule has 0 bridgehead atoms. The lowest BCUT2D eigenvalue weighted by atomic mass is 10.2. The van der Waals surface area contributed by atoms with Gasteiger partial charge in [0.15, 0.2) is 10.9 Å². The highest BCUT2D eigenvalue weighted by Crippen LogP contribution is 2.18. The van der Waals surface area contributed by atoms with Gasteiger partial charge in [0.25, 0.3) is 0 Å². The SMILES string of the molecule is CSc1nc(C(=O)O)c(CCN(C)C)n1C. The predicted octanol–water partition coefficient (Wildman–Crippen LogP) is 0.944. The normalized spacial score (nSPS) is 11.1. The second-order valence-corrected chi connectivity index (χ2v) is 4.58. The predicted molar refractivity (Wildman–Crippen MR) is 64.2 cm³/mol. The monoisotopic (exact) mass is 243 g/mol. The zero-order valence-corrected chi connectivity index (χ0v) is 10.8. The zero-order chi connectivity index (χ0) is 12.3. The van der Waals surface area contributed by atoms with Gasteiger partial charge in [0.2, 0.25) is 0 Å². The van der Waals surface area contributed by atoms with E-state index in [1.165, 1.54) is 11.8 Å². The van der Waals surface area contributed by atoms with Crippen LogP contribution in [0.25, 0.3) is 0 Å². The molecule has 0 radical (unpaired) electrons. The van der Waals surface area contributed by atoms with Crippen LogP contribution in [0.1, 0.15) is 16.2 Å². The molecule has 90 valence electrons. The van der Waals surface area contributed by atoms with Crippen LogP contribution in [0.3, 0.4) is 0 Å². The Morgan fingerprint density at radius 1 is 1.56 bits per heavy atom. The van der Waals surface area contributed by atoms with E-state index >= 15 is 0 Å². The van der Waals surface area contributed by atoms with Crippen molar-refractivity contribution in [1.82, 2.24) is 14.5 Å². The lowest BCUT2D eigenvalue weighted by Gasteiger charge is -2.10. The number of hydrogen-bond donors (Lipinski definition) is 1. The first-order chi connectivity index (χ1) is 7.47. The topological polar surface area (TPSA) is 58.4 Å². The average molecular weight is 243 g/mol. The average Bonchev–Trinajstić information content (AvgIpc) is 2.52. The number of rotatable bonds is 5. The number of imidazole rings is 1. The van der Waals surface area contributed by atoms with Crippen LogP contribution in [0, 0.1) is 0 Å². The van der Waals surface area contributed by atoms with Gasteiger partial charge in [-0.15, -0.1) is 0 Å². The fourth-order valence-electron chi connectivity index (χ4n) is 1.48. The minimum atomic E-state index is -0.954. The van der Waals surface area contributed by atoms with Crippen LogP contribution in [0.15, 0.2) is 5.16 Å². The van der Waals surface area contributed by atoms with Gasteiger partial charge in [-0.3, -0.25) is 0 Å². The minimum Gasteiger partial charge on any atom is -0.476 e. The molecule has 1 aromatic heterocycles. The van der Waals surface area contributed by atoms with E-state index in [1.54, 1.807) is 0 Å². The third-order valence-electron chi connectivity index (χ3n) is 2.35. The van der Waals surface area contributed by atoms with E-state index in [9.17, 15) is 4.79 Å². The van der Waals surface area contributed by atoms with Crippen molar-refractivity contribution in [2.75, 3.05) is 26.9 Å². The molecule has 1 N–H and O–H groups in total. The van der Waals surface area contributed by atoms with E-state index in [2.05, 4.69) is 4.98 Å². The Morgan fingerprint density at radius 3 is 2.62 bits per heavy atom. The summed E-state index contributed by atoms with van der Waals surface area (Å²) in [6, 6.07) is 0. The zero-order valence-electron chi connectivity index (χ0n) is 10.0. The molecule has 0 unspecified atom stereocenters. The van der Waals surface area contributed by atoms with Gasteiger partial charge in [-0.1, -0.05) is 11.8 Å². The summed E-state index contributed by atoms with van der Waals surface area (Å²) in [7, 11) is 5.79. The van der Waals surface area contributed by atoms with Crippen molar-refractivity contribution in [2.45, 2.75) is 11.6 Å². The first-order valence-electron chi connectivity index (χ1n) is 4.95. The fraction of sp³-hybridized carbons (Fsp3) is 0.600. The highest BCUT2D eigenvalue weighted by atomic mass is 32.2. The van der Waals surface area contributed by atoms with Gasteiger partial charge in [-0.2, -0.15) is 0 Å². The summed E-state index contributed by atoms with van der Waals surface area (Å²) < 4.78 is 1.86. The third-order valence-corrected chi connectivity index (χ3v) is 3.08. The lowest BCUT2D eigenvalue weighted by Crippen LogP contribution is -2.18. The Labute approximate surface area is 99.5 Å². The number of aromatic carboxylic acids is 1. The molecule has 0 amide bonds. The molecule has 1 heterocycles. The maximum absolute atomic E-state index is 11.0. The van der Waals surface area contributed by atoms with Crippen LogP contribution in [-0.2, 0) is 13.5 Å². The van der Waals surface area contributed by atoms with Gasteiger partial charge in [-0.05, 0) is 20.4 Å². The first kappa shape index (κ1) is 13.1.